The van der Waals surface area contributed by atoms with E-state index in [4.69, 9.17) is 16.3 Å². The number of carbonyl (C=O) groups is 2. The highest BCUT2D eigenvalue weighted by molar-refractivity contribution is 6.31. The molecule has 0 aliphatic rings. The van der Waals surface area contributed by atoms with Crippen LogP contribution in [0.1, 0.15) is 37.7 Å². The van der Waals surface area contributed by atoms with Gasteiger partial charge in [0.2, 0.25) is 11.7 Å². The lowest BCUT2D eigenvalue weighted by molar-refractivity contribution is -0.385. The van der Waals surface area contributed by atoms with Crippen LogP contribution in [-0.4, -0.2) is 36.2 Å². The van der Waals surface area contributed by atoms with Gasteiger partial charge in [-0.2, -0.15) is 10.2 Å². The number of esters is 1. The number of aryl methyl sites for hydroxylation is 4. The average molecular weight is 418 g/mol. The lowest BCUT2D eigenvalue weighted by Gasteiger charge is -2.08. The maximum atomic E-state index is 13.1. The Balaban J connectivity index is 2.07. The highest BCUT2D eigenvalue weighted by Gasteiger charge is 2.30. The topological polar surface area (TPSA) is 122 Å². The first kappa shape index (κ1) is 20.2. The van der Waals surface area contributed by atoms with E-state index in [2.05, 4.69) is 10.2 Å². The van der Waals surface area contributed by atoms with Crippen molar-refractivity contribution in [3.63, 3.8) is 0 Å². The van der Waals surface area contributed by atoms with Gasteiger partial charge in [0.05, 0.1) is 16.3 Å². The summed E-state index contributed by atoms with van der Waals surface area (Å²) < 4.78 is 8.12. The van der Waals surface area contributed by atoms with Gasteiger partial charge < -0.3 is 4.74 Å². The fraction of sp³-hybridized carbons (Fsp3) is 0.222. The molecule has 10 nitrogen and oxygen atoms in total. The Bertz CT molecular complexity index is 1160. The van der Waals surface area contributed by atoms with Crippen molar-refractivity contribution in [1.29, 1.82) is 0 Å². The summed E-state index contributed by atoms with van der Waals surface area (Å²) in [5.74, 6) is -1.58. The maximum Gasteiger partial charge on any atom is 0.348 e. The molecular formula is C18H16ClN5O5. The molecule has 1 aromatic carbocycles. The van der Waals surface area contributed by atoms with Crippen LogP contribution in [0.2, 0.25) is 5.02 Å². The van der Waals surface area contributed by atoms with Crippen LogP contribution in [0, 0.1) is 24.0 Å². The number of ketones is 1. The highest BCUT2D eigenvalue weighted by Crippen LogP contribution is 2.31. The van der Waals surface area contributed by atoms with Gasteiger partial charge in [0.25, 0.3) is 5.69 Å². The summed E-state index contributed by atoms with van der Waals surface area (Å²) in [4.78, 5) is 36.4. The standard InChI is InChI=1S/C18H16ClN5O5/c1-9-13(8-22(3)20-9)18(26)29-17-15(10(2)21-23(17)4)16(25)12-7-11(19)5-6-14(12)24(27)28/h5-8H,1-4H3. The van der Waals surface area contributed by atoms with Crippen LogP contribution >= 0.6 is 11.6 Å². The molecule has 0 aliphatic carbocycles. The summed E-state index contributed by atoms with van der Waals surface area (Å²) >= 11 is 5.93. The van der Waals surface area contributed by atoms with Crippen molar-refractivity contribution in [3.05, 3.63) is 67.6 Å². The smallest absolute Gasteiger partial charge is 0.348 e. The van der Waals surface area contributed by atoms with Crippen molar-refractivity contribution in [2.45, 2.75) is 13.8 Å². The number of halogens is 1. The molecule has 0 N–H and O–H groups in total. The van der Waals surface area contributed by atoms with Crippen LogP contribution in [-0.2, 0) is 14.1 Å². The molecule has 3 aromatic rings. The number of carbonyl (C=O) groups excluding carboxylic acids is 2. The second kappa shape index (κ2) is 7.47. The zero-order valence-corrected chi connectivity index (χ0v) is 16.7. The predicted molar refractivity (Wildman–Crippen MR) is 102 cm³/mol. The predicted octanol–water partition coefficient (Wildman–Crippen LogP) is 2.78. The molecule has 0 fully saturated rings. The Morgan fingerprint density at radius 2 is 1.83 bits per heavy atom. The van der Waals surface area contributed by atoms with Gasteiger partial charge in [0.1, 0.15) is 16.7 Å². The number of hydrogen-bond donors (Lipinski definition) is 0. The minimum atomic E-state index is -0.728. The molecule has 0 aliphatic heterocycles. The van der Waals surface area contributed by atoms with Crippen LogP contribution in [0.15, 0.2) is 24.4 Å². The van der Waals surface area contributed by atoms with Crippen LogP contribution in [0.3, 0.4) is 0 Å². The molecule has 0 spiro atoms. The minimum Gasteiger partial charge on any atom is -0.403 e. The third-order valence-electron chi connectivity index (χ3n) is 4.22. The van der Waals surface area contributed by atoms with Gasteiger partial charge in [-0.05, 0) is 26.0 Å². The highest BCUT2D eigenvalue weighted by atomic mass is 35.5. The van der Waals surface area contributed by atoms with E-state index in [-0.39, 0.29) is 33.3 Å². The molecule has 0 atom stereocenters. The molecule has 2 heterocycles. The third-order valence-corrected chi connectivity index (χ3v) is 4.45. The first-order chi connectivity index (χ1) is 13.6. The zero-order valence-electron chi connectivity index (χ0n) is 16.0. The lowest BCUT2D eigenvalue weighted by Crippen LogP contribution is -2.15. The quantitative estimate of drug-likeness (QED) is 0.270. The Labute approximate surface area is 169 Å². The zero-order chi connectivity index (χ0) is 21.5. The van der Waals surface area contributed by atoms with Crippen LogP contribution in [0.25, 0.3) is 0 Å². The van der Waals surface area contributed by atoms with Crippen molar-refractivity contribution in [2.75, 3.05) is 0 Å². The molecule has 0 saturated heterocycles. The number of aromatic nitrogens is 4. The van der Waals surface area contributed by atoms with Crippen molar-refractivity contribution in [2.24, 2.45) is 14.1 Å². The molecule has 11 heteroatoms. The molecule has 29 heavy (non-hydrogen) atoms. The van der Waals surface area contributed by atoms with Gasteiger partial charge >= 0.3 is 5.97 Å². The molecular weight excluding hydrogens is 402 g/mol. The lowest BCUT2D eigenvalue weighted by atomic mass is 10.0. The molecule has 0 bridgehead atoms. The molecule has 3 rings (SSSR count). The molecule has 0 radical (unpaired) electrons. The average Bonchev–Trinajstić information content (AvgIpc) is 3.11. The molecule has 150 valence electrons. The number of nitrogens with zero attached hydrogens (tertiary/aromatic N) is 5. The van der Waals surface area contributed by atoms with E-state index in [0.29, 0.717) is 5.69 Å². The van der Waals surface area contributed by atoms with Crippen LogP contribution in [0.5, 0.6) is 5.88 Å². The molecule has 0 unspecified atom stereocenters. The maximum absolute atomic E-state index is 13.1. The number of nitro groups is 1. The van der Waals surface area contributed by atoms with E-state index >= 15 is 0 Å². The second-order valence-corrected chi connectivity index (χ2v) is 6.76. The summed E-state index contributed by atoms with van der Waals surface area (Å²) in [5.41, 5.74) is 0.218. The largest absolute Gasteiger partial charge is 0.403 e. The van der Waals surface area contributed by atoms with E-state index in [0.717, 1.165) is 6.07 Å². The number of nitro benzene ring substituents is 1. The number of ether oxygens (including phenoxy) is 1. The normalized spacial score (nSPS) is 10.8. The second-order valence-electron chi connectivity index (χ2n) is 6.33. The van der Waals surface area contributed by atoms with E-state index < -0.39 is 22.4 Å². The number of hydrogen-bond acceptors (Lipinski definition) is 7. The van der Waals surface area contributed by atoms with Crippen molar-refractivity contribution in [1.82, 2.24) is 19.6 Å². The number of benzene rings is 1. The SMILES string of the molecule is Cc1nn(C)cc1C(=O)Oc1c(C(=O)c2cc(Cl)ccc2[N+](=O)[O-])c(C)nn1C. The monoisotopic (exact) mass is 417 g/mol. The molecule has 0 amide bonds. The third kappa shape index (κ3) is 3.74. The number of rotatable bonds is 5. The first-order valence-corrected chi connectivity index (χ1v) is 8.72. The summed E-state index contributed by atoms with van der Waals surface area (Å²) in [6.45, 7) is 3.18. The van der Waals surface area contributed by atoms with Gasteiger partial charge in [0, 0.05) is 31.4 Å². The van der Waals surface area contributed by atoms with Crippen LogP contribution < -0.4 is 4.74 Å². The van der Waals surface area contributed by atoms with Gasteiger partial charge in [-0.15, -0.1) is 0 Å². The minimum absolute atomic E-state index is 0.0623. The molecule has 0 saturated carbocycles. The molecule has 2 aromatic heterocycles. The van der Waals surface area contributed by atoms with Crippen molar-refractivity contribution < 1.29 is 19.2 Å². The fourth-order valence-corrected chi connectivity index (χ4v) is 3.11. The van der Waals surface area contributed by atoms with Crippen molar-refractivity contribution in [3.8, 4) is 5.88 Å². The van der Waals surface area contributed by atoms with E-state index in [1.165, 1.54) is 41.7 Å². The Hall–Kier alpha value is -3.53. The summed E-state index contributed by atoms with van der Waals surface area (Å²) in [7, 11) is 3.15. The summed E-state index contributed by atoms with van der Waals surface area (Å²) in [6, 6.07) is 3.66. The van der Waals surface area contributed by atoms with Crippen molar-refractivity contribution >= 4 is 29.0 Å². The first-order valence-electron chi connectivity index (χ1n) is 8.34. The van der Waals surface area contributed by atoms with Gasteiger partial charge in [-0.25, -0.2) is 9.48 Å². The summed E-state index contributed by atoms with van der Waals surface area (Å²) in [6.07, 6.45) is 1.49. The van der Waals surface area contributed by atoms with Gasteiger partial charge in [-0.1, -0.05) is 11.6 Å². The van der Waals surface area contributed by atoms with E-state index in [1.807, 2.05) is 0 Å². The van der Waals surface area contributed by atoms with Crippen LogP contribution in [0.4, 0.5) is 5.69 Å². The Kier molecular flexibility index (Phi) is 5.21. The Morgan fingerprint density at radius 1 is 1.14 bits per heavy atom. The Morgan fingerprint density at radius 3 is 2.41 bits per heavy atom. The van der Waals surface area contributed by atoms with Gasteiger partial charge in [-0.3, -0.25) is 19.6 Å². The summed E-state index contributed by atoms with van der Waals surface area (Å²) in [5, 5.41) is 19.7. The van der Waals surface area contributed by atoms with Gasteiger partial charge in [0.15, 0.2) is 0 Å². The van der Waals surface area contributed by atoms with E-state index in [9.17, 15) is 19.7 Å². The fourth-order valence-electron chi connectivity index (χ4n) is 2.94. The van der Waals surface area contributed by atoms with E-state index in [1.54, 1.807) is 14.0 Å².